The predicted octanol–water partition coefficient (Wildman–Crippen LogP) is 1.70. The van der Waals surface area contributed by atoms with E-state index in [4.69, 9.17) is 9.15 Å². The Kier molecular flexibility index (Phi) is 3.74. The summed E-state index contributed by atoms with van der Waals surface area (Å²) in [6.07, 6.45) is 0. The largest absolute Gasteiger partial charge is 0.469 e. The van der Waals surface area contributed by atoms with Crippen LogP contribution in [-0.4, -0.2) is 22.9 Å². The smallest absolute Gasteiger partial charge is 0.437 e. The van der Waals surface area contributed by atoms with E-state index < -0.39 is 17.1 Å². The van der Waals surface area contributed by atoms with Crippen molar-refractivity contribution in [3.63, 3.8) is 0 Å². The van der Waals surface area contributed by atoms with Crippen LogP contribution in [0.15, 0.2) is 39.5 Å². The van der Waals surface area contributed by atoms with E-state index in [1.54, 1.807) is 26.0 Å². The monoisotopic (exact) mass is 276 g/mol. The Morgan fingerprint density at radius 2 is 2.00 bits per heavy atom. The van der Waals surface area contributed by atoms with E-state index >= 15 is 0 Å². The molecule has 2 aromatic rings. The van der Waals surface area contributed by atoms with Crippen molar-refractivity contribution in [2.24, 2.45) is 5.41 Å². The third-order valence-electron chi connectivity index (χ3n) is 2.91. The lowest BCUT2D eigenvalue weighted by Crippen LogP contribution is -2.34. The normalized spacial score (nSPS) is 11.3. The summed E-state index contributed by atoms with van der Waals surface area (Å²) < 4.78 is 10.9. The maximum absolute atomic E-state index is 11.8. The van der Waals surface area contributed by atoms with Crippen LogP contribution in [0.1, 0.15) is 13.8 Å². The van der Waals surface area contributed by atoms with Gasteiger partial charge in [-0.3, -0.25) is 4.79 Å². The lowest BCUT2D eigenvalue weighted by atomic mass is 9.94. The van der Waals surface area contributed by atoms with Crippen LogP contribution < -0.4 is 5.76 Å². The van der Waals surface area contributed by atoms with E-state index in [-0.39, 0.29) is 12.4 Å². The molecule has 0 unspecified atom stereocenters. The summed E-state index contributed by atoms with van der Waals surface area (Å²) in [4.78, 5) is 23.4. The minimum absolute atomic E-state index is 0.0921. The number of rotatable bonds is 4. The highest BCUT2D eigenvalue weighted by atomic mass is 16.5. The number of hydrogen-bond donors (Lipinski definition) is 0. The van der Waals surface area contributed by atoms with Gasteiger partial charge in [0.15, 0.2) is 0 Å². The molecule has 0 N–H and O–H groups in total. The molecule has 0 amide bonds. The summed E-state index contributed by atoms with van der Waals surface area (Å²) >= 11 is 0. The summed E-state index contributed by atoms with van der Waals surface area (Å²) in [7, 11) is 1.31. The number of aromatic nitrogens is 2. The van der Waals surface area contributed by atoms with Crippen molar-refractivity contribution in [3.8, 4) is 11.5 Å². The first-order valence-electron chi connectivity index (χ1n) is 6.16. The van der Waals surface area contributed by atoms with Gasteiger partial charge in [-0.05, 0) is 26.0 Å². The van der Waals surface area contributed by atoms with Crippen LogP contribution >= 0.6 is 0 Å². The fraction of sp³-hybridized carbons (Fsp3) is 0.357. The molecule has 1 aromatic carbocycles. The van der Waals surface area contributed by atoms with E-state index in [1.807, 2.05) is 18.2 Å². The van der Waals surface area contributed by atoms with Gasteiger partial charge in [-0.1, -0.05) is 18.2 Å². The molecule has 0 spiro atoms. The molecular weight excluding hydrogens is 260 g/mol. The molecule has 0 saturated heterocycles. The number of hydrogen-bond acceptors (Lipinski definition) is 5. The van der Waals surface area contributed by atoms with Gasteiger partial charge in [-0.25, -0.2) is 4.79 Å². The highest BCUT2D eigenvalue weighted by Crippen LogP contribution is 2.20. The molecule has 0 aliphatic heterocycles. The first-order valence-corrected chi connectivity index (χ1v) is 6.16. The fourth-order valence-corrected chi connectivity index (χ4v) is 1.82. The first-order chi connectivity index (χ1) is 9.44. The van der Waals surface area contributed by atoms with Crippen LogP contribution in [0.25, 0.3) is 11.5 Å². The standard InChI is InChI=1S/C14H16N2O4/c1-14(2,12(17)19-3)9-16-13(18)20-11(15-16)10-7-5-4-6-8-10/h4-8H,9H2,1-3H3. The molecule has 0 bridgehead atoms. The van der Waals surface area contributed by atoms with Crippen molar-refractivity contribution in [1.29, 1.82) is 0 Å². The van der Waals surface area contributed by atoms with Crippen LogP contribution in [0.5, 0.6) is 0 Å². The third kappa shape index (κ3) is 2.79. The number of nitrogens with zero attached hydrogens (tertiary/aromatic N) is 2. The summed E-state index contributed by atoms with van der Waals surface area (Å²) in [5, 5.41) is 4.11. The van der Waals surface area contributed by atoms with Gasteiger partial charge in [0.25, 0.3) is 0 Å². The number of benzene rings is 1. The topological polar surface area (TPSA) is 74.3 Å². The quantitative estimate of drug-likeness (QED) is 0.795. The van der Waals surface area contributed by atoms with Gasteiger partial charge in [0.05, 0.1) is 19.1 Å². The lowest BCUT2D eigenvalue weighted by Gasteiger charge is -2.19. The minimum atomic E-state index is -0.858. The maximum atomic E-state index is 11.8. The molecule has 6 heteroatoms. The highest BCUT2D eigenvalue weighted by Gasteiger charge is 2.31. The van der Waals surface area contributed by atoms with Crippen molar-refractivity contribution >= 4 is 5.97 Å². The second-order valence-electron chi connectivity index (χ2n) is 5.07. The molecule has 6 nitrogen and oxygen atoms in total. The average molecular weight is 276 g/mol. The van der Waals surface area contributed by atoms with Gasteiger partial charge < -0.3 is 9.15 Å². The fourth-order valence-electron chi connectivity index (χ4n) is 1.82. The van der Waals surface area contributed by atoms with E-state index in [2.05, 4.69) is 5.10 Å². The van der Waals surface area contributed by atoms with Crippen LogP contribution in [-0.2, 0) is 16.1 Å². The molecule has 1 heterocycles. The first kappa shape index (κ1) is 14.0. The number of carbonyl (C=O) groups excluding carboxylic acids is 1. The zero-order valence-electron chi connectivity index (χ0n) is 11.6. The third-order valence-corrected chi connectivity index (χ3v) is 2.91. The van der Waals surface area contributed by atoms with Crippen molar-refractivity contribution in [1.82, 2.24) is 9.78 Å². The van der Waals surface area contributed by atoms with Crippen molar-refractivity contribution < 1.29 is 13.9 Å². The molecule has 1 aromatic heterocycles. The molecule has 0 atom stereocenters. The molecule has 106 valence electrons. The number of esters is 1. The Balaban J connectivity index is 2.30. The Morgan fingerprint density at radius 3 is 2.60 bits per heavy atom. The van der Waals surface area contributed by atoms with Crippen molar-refractivity contribution in [2.75, 3.05) is 7.11 Å². The second-order valence-corrected chi connectivity index (χ2v) is 5.07. The zero-order chi connectivity index (χ0) is 14.8. The van der Waals surface area contributed by atoms with Crippen LogP contribution in [0, 0.1) is 5.41 Å². The van der Waals surface area contributed by atoms with E-state index in [9.17, 15) is 9.59 Å². The zero-order valence-corrected chi connectivity index (χ0v) is 11.6. The molecule has 0 fully saturated rings. The number of carbonyl (C=O) groups is 1. The molecule has 20 heavy (non-hydrogen) atoms. The van der Waals surface area contributed by atoms with Gasteiger partial charge in [0, 0.05) is 5.56 Å². The van der Waals surface area contributed by atoms with Gasteiger partial charge in [-0.2, -0.15) is 4.68 Å². The summed E-state index contributed by atoms with van der Waals surface area (Å²) in [5.41, 5.74) is -0.150. The van der Waals surface area contributed by atoms with Crippen LogP contribution in [0.2, 0.25) is 0 Å². The van der Waals surface area contributed by atoms with Gasteiger partial charge >= 0.3 is 11.7 Å². The van der Waals surface area contributed by atoms with Gasteiger partial charge in [-0.15, -0.1) is 5.10 Å². The average Bonchev–Trinajstić information content (AvgIpc) is 2.79. The molecule has 0 radical (unpaired) electrons. The Morgan fingerprint density at radius 1 is 1.35 bits per heavy atom. The van der Waals surface area contributed by atoms with Crippen LogP contribution in [0.3, 0.4) is 0 Å². The Labute approximate surface area is 116 Å². The van der Waals surface area contributed by atoms with E-state index in [0.29, 0.717) is 5.56 Å². The second kappa shape index (κ2) is 5.32. The van der Waals surface area contributed by atoms with E-state index in [1.165, 1.54) is 7.11 Å². The summed E-state index contributed by atoms with van der Waals surface area (Å²) in [6, 6.07) is 9.10. The predicted molar refractivity (Wildman–Crippen MR) is 72.0 cm³/mol. The molecule has 0 saturated carbocycles. The summed E-state index contributed by atoms with van der Waals surface area (Å²) in [5.74, 6) is -0.772. The maximum Gasteiger partial charge on any atom is 0.437 e. The van der Waals surface area contributed by atoms with Gasteiger partial charge in [0.1, 0.15) is 0 Å². The molecule has 0 aliphatic rings. The highest BCUT2D eigenvalue weighted by molar-refractivity contribution is 5.75. The molecular formula is C14H16N2O4. The molecule has 2 rings (SSSR count). The van der Waals surface area contributed by atoms with Crippen molar-refractivity contribution in [2.45, 2.75) is 20.4 Å². The van der Waals surface area contributed by atoms with Crippen molar-refractivity contribution in [3.05, 3.63) is 40.9 Å². The van der Waals surface area contributed by atoms with E-state index in [0.717, 1.165) is 4.68 Å². The Hall–Kier alpha value is -2.37. The number of methoxy groups -OCH3 is 1. The minimum Gasteiger partial charge on any atom is -0.469 e. The van der Waals surface area contributed by atoms with Gasteiger partial charge in [0.2, 0.25) is 5.89 Å². The SMILES string of the molecule is COC(=O)C(C)(C)Cn1nc(-c2ccccc2)oc1=O. The lowest BCUT2D eigenvalue weighted by molar-refractivity contribution is -0.151. The van der Waals surface area contributed by atoms with Crippen LogP contribution in [0.4, 0.5) is 0 Å². The molecule has 0 aliphatic carbocycles. The summed E-state index contributed by atoms with van der Waals surface area (Å²) in [6.45, 7) is 3.46. The Bertz CT molecular complexity index is 655. The number of ether oxygens (including phenoxy) is 1.